The number of hydrogen-bond acceptors (Lipinski definition) is 4. The summed E-state index contributed by atoms with van der Waals surface area (Å²) in [5, 5.41) is 5.59. The van der Waals surface area contributed by atoms with Crippen molar-refractivity contribution in [3.05, 3.63) is 53.6 Å². The van der Waals surface area contributed by atoms with Crippen LogP contribution in [0.4, 0.5) is 5.69 Å². The second kappa shape index (κ2) is 8.79. The molecule has 2 rings (SSSR count). The molecule has 0 saturated carbocycles. The summed E-state index contributed by atoms with van der Waals surface area (Å²) in [6.07, 6.45) is 0. The van der Waals surface area contributed by atoms with Crippen molar-refractivity contribution in [1.29, 1.82) is 0 Å². The Hall–Kier alpha value is -2.73. The Balaban J connectivity index is 1.71. The fourth-order valence-electron chi connectivity index (χ4n) is 1.81. The van der Waals surface area contributed by atoms with Gasteiger partial charge < -0.3 is 20.1 Å². The van der Waals surface area contributed by atoms with E-state index < -0.39 is 11.8 Å². The number of carbonyl (C=O) groups excluding carboxylic acids is 2. The van der Waals surface area contributed by atoms with E-state index in [0.717, 1.165) is 0 Å². The number of hydrogen-bond donors (Lipinski definition) is 2. The molecular formula is C17H17ClN2O4. The van der Waals surface area contributed by atoms with Crippen LogP contribution in [0.3, 0.4) is 0 Å². The standard InChI is InChI=1S/C17H17ClN2O4/c1-23-14-8-4-13(5-9-14)20-17(22)16(21)19-10-11-24-15-6-2-12(18)3-7-15/h2-9H,10-11H2,1H3,(H,19,21)(H,20,22). The summed E-state index contributed by atoms with van der Waals surface area (Å²) in [7, 11) is 1.55. The fourth-order valence-corrected chi connectivity index (χ4v) is 1.93. The Morgan fingerprint density at radius 1 is 0.958 bits per heavy atom. The van der Waals surface area contributed by atoms with Crippen molar-refractivity contribution < 1.29 is 19.1 Å². The lowest BCUT2D eigenvalue weighted by Crippen LogP contribution is -2.37. The molecule has 2 aromatic rings. The molecule has 0 aliphatic carbocycles. The molecule has 0 heterocycles. The van der Waals surface area contributed by atoms with Gasteiger partial charge in [-0.1, -0.05) is 11.6 Å². The number of carbonyl (C=O) groups is 2. The van der Waals surface area contributed by atoms with E-state index in [1.807, 2.05) is 0 Å². The maximum atomic E-state index is 11.8. The molecule has 0 atom stereocenters. The van der Waals surface area contributed by atoms with Crippen LogP contribution in [0.1, 0.15) is 0 Å². The molecule has 0 spiro atoms. The molecule has 0 unspecified atom stereocenters. The van der Waals surface area contributed by atoms with E-state index in [1.165, 1.54) is 0 Å². The van der Waals surface area contributed by atoms with Gasteiger partial charge in [-0.05, 0) is 48.5 Å². The lowest BCUT2D eigenvalue weighted by molar-refractivity contribution is -0.136. The van der Waals surface area contributed by atoms with Gasteiger partial charge in [-0.25, -0.2) is 0 Å². The Morgan fingerprint density at radius 2 is 1.58 bits per heavy atom. The minimum absolute atomic E-state index is 0.206. The number of methoxy groups -OCH3 is 1. The van der Waals surface area contributed by atoms with E-state index in [4.69, 9.17) is 21.1 Å². The molecule has 0 aromatic heterocycles. The summed E-state index contributed by atoms with van der Waals surface area (Å²) in [4.78, 5) is 23.5. The molecule has 0 radical (unpaired) electrons. The van der Waals surface area contributed by atoms with Crippen molar-refractivity contribution in [2.75, 3.05) is 25.6 Å². The van der Waals surface area contributed by atoms with Gasteiger partial charge in [-0.3, -0.25) is 9.59 Å². The van der Waals surface area contributed by atoms with Crippen LogP contribution in [0.5, 0.6) is 11.5 Å². The lowest BCUT2D eigenvalue weighted by Gasteiger charge is -2.08. The number of nitrogens with one attached hydrogen (secondary N) is 2. The molecular weight excluding hydrogens is 332 g/mol. The third kappa shape index (κ3) is 5.48. The summed E-state index contributed by atoms with van der Waals surface area (Å²) in [6.45, 7) is 0.445. The molecule has 0 aliphatic rings. The molecule has 7 heteroatoms. The van der Waals surface area contributed by atoms with E-state index >= 15 is 0 Å². The molecule has 0 bridgehead atoms. The fraction of sp³-hybridized carbons (Fsp3) is 0.176. The Kier molecular flexibility index (Phi) is 6.45. The van der Waals surface area contributed by atoms with Gasteiger partial charge in [0.25, 0.3) is 0 Å². The molecule has 2 aromatic carbocycles. The minimum atomic E-state index is -0.744. The molecule has 24 heavy (non-hydrogen) atoms. The summed E-state index contributed by atoms with van der Waals surface area (Å²) in [5.74, 6) is -0.176. The SMILES string of the molecule is COc1ccc(NC(=O)C(=O)NCCOc2ccc(Cl)cc2)cc1. The van der Waals surface area contributed by atoms with Crippen molar-refractivity contribution in [2.24, 2.45) is 0 Å². The van der Waals surface area contributed by atoms with Gasteiger partial charge in [0.2, 0.25) is 0 Å². The molecule has 6 nitrogen and oxygen atoms in total. The number of halogens is 1. The monoisotopic (exact) mass is 348 g/mol. The molecule has 2 amide bonds. The molecule has 0 fully saturated rings. The van der Waals surface area contributed by atoms with E-state index in [2.05, 4.69) is 10.6 Å². The van der Waals surface area contributed by atoms with E-state index in [-0.39, 0.29) is 13.2 Å². The highest BCUT2D eigenvalue weighted by molar-refractivity contribution is 6.39. The van der Waals surface area contributed by atoms with Crippen LogP contribution in [0.2, 0.25) is 5.02 Å². The maximum Gasteiger partial charge on any atom is 0.313 e. The number of ether oxygens (including phenoxy) is 2. The zero-order valence-electron chi connectivity index (χ0n) is 13.0. The number of anilines is 1. The smallest absolute Gasteiger partial charge is 0.313 e. The van der Waals surface area contributed by atoms with Gasteiger partial charge in [0.15, 0.2) is 0 Å². The summed E-state index contributed by atoms with van der Waals surface area (Å²) in [5.41, 5.74) is 0.508. The van der Waals surface area contributed by atoms with Gasteiger partial charge >= 0.3 is 11.8 Å². The zero-order valence-corrected chi connectivity index (χ0v) is 13.8. The Bertz CT molecular complexity index is 687. The first kappa shape index (κ1) is 17.6. The van der Waals surface area contributed by atoms with Crippen molar-refractivity contribution in [1.82, 2.24) is 5.32 Å². The van der Waals surface area contributed by atoms with Crippen molar-refractivity contribution in [3.8, 4) is 11.5 Å². The Morgan fingerprint density at radius 3 is 2.21 bits per heavy atom. The van der Waals surface area contributed by atoms with E-state index in [0.29, 0.717) is 22.2 Å². The normalized spacial score (nSPS) is 9.92. The topological polar surface area (TPSA) is 76.7 Å². The summed E-state index contributed by atoms with van der Waals surface area (Å²) < 4.78 is 10.4. The van der Waals surface area contributed by atoms with Gasteiger partial charge in [-0.2, -0.15) is 0 Å². The zero-order chi connectivity index (χ0) is 17.4. The minimum Gasteiger partial charge on any atom is -0.497 e. The van der Waals surface area contributed by atoms with Crippen LogP contribution in [-0.2, 0) is 9.59 Å². The maximum absolute atomic E-state index is 11.8. The predicted octanol–water partition coefficient (Wildman–Crippen LogP) is 2.48. The largest absolute Gasteiger partial charge is 0.497 e. The first-order valence-corrected chi connectivity index (χ1v) is 7.58. The van der Waals surface area contributed by atoms with Crippen LogP contribution in [-0.4, -0.2) is 32.1 Å². The number of rotatable bonds is 6. The van der Waals surface area contributed by atoms with Crippen molar-refractivity contribution >= 4 is 29.1 Å². The molecule has 0 saturated heterocycles. The quantitative estimate of drug-likeness (QED) is 0.621. The molecule has 0 aliphatic heterocycles. The second-order valence-electron chi connectivity index (χ2n) is 4.74. The van der Waals surface area contributed by atoms with Crippen molar-refractivity contribution in [2.45, 2.75) is 0 Å². The number of amides is 2. The number of benzene rings is 2. The van der Waals surface area contributed by atoms with Crippen LogP contribution in [0.25, 0.3) is 0 Å². The average Bonchev–Trinajstić information content (AvgIpc) is 2.60. The molecule has 126 valence electrons. The third-order valence-corrected chi connectivity index (χ3v) is 3.28. The van der Waals surface area contributed by atoms with Crippen molar-refractivity contribution in [3.63, 3.8) is 0 Å². The highest BCUT2D eigenvalue weighted by Crippen LogP contribution is 2.15. The average molecular weight is 349 g/mol. The van der Waals surface area contributed by atoms with Crippen LogP contribution in [0, 0.1) is 0 Å². The van der Waals surface area contributed by atoms with Gasteiger partial charge in [-0.15, -0.1) is 0 Å². The van der Waals surface area contributed by atoms with Crippen LogP contribution in [0.15, 0.2) is 48.5 Å². The van der Waals surface area contributed by atoms with Gasteiger partial charge in [0.05, 0.1) is 13.7 Å². The molecule has 2 N–H and O–H groups in total. The van der Waals surface area contributed by atoms with E-state index in [9.17, 15) is 9.59 Å². The van der Waals surface area contributed by atoms with Crippen LogP contribution < -0.4 is 20.1 Å². The van der Waals surface area contributed by atoms with Gasteiger partial charge in [0, 0.05) is 10.7 Å². The van der Waals surface area contributed by atoms with Gasteiger partial charge in [0.1, 0.15) is 18.1 Å². The summed E-state index contributed by atoms with van der Waals surface area (Å²) >= 11 is 5.77. The van der Waals surface area contributed by atoms with Crippen LogP contribution >= 0.6 is 11.6 Å². The first-order chi connectivity index (χ1) is 11.6. The Labute approximate surface area is 144 Å². The highest BCUT2D eigenvalue weighted by atomic mass is 35.5. The summed E-state index contributed by atoms with van der Waals surface area (Å²) in [6, 6.07) is 13.5. The predicted molar refractivity (Wildman–Crippen MR) is 91.6 cm³/mol. The van der Waals surface area contributed by atoms with E-state index in [1.54, 1.807) is 55.6 Å². The third-order valence-electron chi connectivity index (χ3n) is 3.02. The lowest BCUT2D eigenvalue weighted by atomic mass is 10.3. The second-order valence-corrected chi connectivity index (χ2v) is 5.18. The highest BCUT2D eigenvalue weighted by Gasteiger charge is 2.13. The first-order valence-electron chi connectivity index (χ1n) is 7.20.